The summed E-state index contributed by atoms with van der Waals surface area (Å²) in [7, 11) is 1.88. The van der Waals surface area contributed by atoms with E-state index in [2.05, 4.69) is 13.8 Å². The van der Waals surface area contributed by atoms with Crippen LogP contribution in [0.25, 0.3) is 21.9 Å². The highest BCUT2D eigenvalue weighted by molar-refractivity contribution is 5.91. The SMILES string of the molecule is CC(C)c1nc2c(c(=O)c3ccccc3n2C)c(=O)n1C1CCCC1. The van der Waals surface area contributed by atoms with Crippen LogP contribution in [0.15, 0.2) is 33.9 Å². The summed E-state index contributed by atoms with van der Waals surface area (Å²) in [5, 5.41) is 0.796. The van der Waals surface area contributed by atoms with Crippen LogP contribution in [0.1, 0.15) is 57.3 Å². The Morgan fingerprint density at radius 1 is 1.12 bits per heavy atom. The fourth-order valence-electron chi connectivity index (χ4n) is 4.11. The minimum atomic E-state index is -0.205. The Balaban J connectivity index is 2.20. The van der Waals surface area contributed by atoms with Crippen LogP contribution >= 0.6 is 0 Å². The maximum atomic E-state index is 13.4. The molecule has 0 radical (unpaired) electrons. The van der Waals surface area contributed by atoms with E-state index < -0.39 is 0 Å². The second-order valence-electron chi connectivity index (χ2n) is 7.34. The van der Waals surface area contributed by atoms with Gasteiger partial charge >= 0.3 is 0 Å². The van der Waals surface area contributed by atoms with E-state index in [0.29, 0.717) is 11.0 Å². The zero-order chi connectivity index (χ0) is 17.7. The summed E-state index contributed by atoms with van der Waals surface area (Å²) in [6.07, 6.45) is 4.23. The molecule has 4 rings (SSSR count). The standard InChI is InChI=1S/C20H23N3O2/c1-12(2)18-21-19-16(20(25)23(18)13-8-4-5-9-13)17(24)14-10-6-7-11-15(14)22(19)3/h6-7,10-13H,4-5,8-9H2,1-3H3. The van der Waals surface area contributed by atoms with E-state index in [1.807, 2.05) is 34.4 Å². The Hall–Kier alpha value is -2.43. The summed E-state index contributed by atoms with van der Waals surface area (Å²) in [5.41, 5.74) is 0.919. The van der Waals surface area contributed by atoms with Gasteiger partial charge in [-0.05, 0) is 25.0 Å². The fraction of sp³-hybridized carbons (Fsp3) is 0.450. The molecule has 2 heterocycles. The molecule has 0 saturated heterocycles. The molecule has 5 heteroatoms. The summed E-state index contributed by atoms with van der Waals surface area (Å²) in [5.74, 6) is 0.911. The lowest BCUT2D eigenvalue weighted by Crippen LogP contribution is -2.33. The highest BCUT2D eigenvalue weighted by Crippen LogP contribution is 2.31. The van der Waals surface area contributed by atoms with Gasteiger partial charge in [-0.15, -0.1) is 0 Å². The largest absolute Gasteiger partial charge is 0.328 e. The molecule has 1 aliphatic rings. The number of aryl methyl sites for hydroxylation is 1. The Kier molecular flexibility index (Phi) is 3.74. The molecule has 1 aromatic carbocycles. The molecule has 0 aliphatic heterocycles. The van der Waals surface area contributed by atoms with Crippen molar-refractivity contribution >= 4 is 21.9 Å². The quantitative estimate of drug-likeness (QED) is 0.673. The summed E-state index contributed by atoms with van der Waals surface area (Å²) in [6, 6.07) is 7.58. The molecule has 25 heavy (non-hydrogen) atoms. The minimum absolute atomic E-state index is 0.124. The molecule has 0 N–H and O–H groups in total. The summed E-state index contributed by atoms with van der Waals surface area (Å²) < 4.78 is 3.69. The zero-order valence-electron chi connectivity index (χ0n) is 15.0. The van der Waals surface area contributed by atoms with Gasteiger partial charge in [0.25, 0.3) is 5.56 Å². The van der Waals surface area contributed by atoms with Crippen molar-refractivity contribution in [2.75, 3.05) is 0 Å². The first kappa shape index (κ1) is 16.1. The number of hydrogen-bond acceptors (Lipinski definition) is 3. The van der Waals surface area contributed by atoms with Gasteiger partial charge in [0.1, 0.15) is 11.2 Å². The van der Waals surface area contributed by atoms with Gasteiger partial charge in [-0.1, -0.05) is 38.8 Å². The van der Waals surface area contributed by atoms with E-state index in [1.165, 1.54) is 0 Å². The lowest BCUT2D eigenvalue weighted by Gasteiger charge is -2.22. The second kappa shape index (κ2) is 5.83. The van der Waals surface area contributed by atoms with Crippen LogP contribution in [0.4, 0.5) is 0 Å². The maximum Gasteiger partial charge on any atom is 0.267 e. The van der Waals surface area contributed by atoms with Crippen LogP contribution < -0.4 is 11.0 Å². The Bertz CT molecular complexity index is 1090. The third kappa shape index (κ3) is 2.33. The van der Waals surface area contributed by atoms with Crippen LogP contribution in [0, 0.1) is 0 Å². The van der Waals surface area contributed by atoms with E-state index in [4.69, 9.17) is 4.98 Å². The van der Waals surface area contributed by atoms with Crippen molar-refractivity contribution in [3.8, 4) is 0 Å². The smallest absolute Gasteiger partial charge is 0.267 e. The molecule has 0 bridgehead atoms. The highest BCUT2D eigenvalue weighted by Gasteiger charge is 2.26. The molecule has 2 aromatic heterocycles. The summed E-state index contributed by atoms with van der Waals surface area (Å²) in [4.78, 5) is 31.2. The molecule has 3 aromatic rings. The molecule has 0 amide bonds. The summed E-state index contributed by atoms with van der Waals surface area (Å²) in [6.45, 7) is 4.11. The lowest BCUT2D eigenvalue weighted by molar-refractivity contribution is 0.464. The van der Waals surface area contributed by atoms with E-state index >= 15 is 0 Å². The third-order valence-electron chi connectivity index (χ3n) is 5.38. The van der Waals surface area contributed by atoms with Crippen LogP contribution in [-0.4, -0.2) is 14.1 Å². The predicted molar refractivity (Wildman–Crippen MR) is 100 cm³/mol. The van der Waals surface area contributed by atoms with E-state index in [-0.39, 0.29) is 28.3 Å². The van der Waals surface area contributed by atoms with Crippen molar-refractivity contribution in [3.63, 3.8) is 0 Å². The molecule has 1 aliphatic carbocycles. The molecule has 1 saturated carbocycles. The van der Waals surface area contributed by atoms with Crippen molar-refractivity contribution in [2.45, 2.75) is 51.5 Å². The van der Waals surface area contributed by atoms with Crippen molar-refractivity contribution in [1.82, 2.24) is 14.1 Å². The first-order valence-electron chi connectivity index (χ1n) is 9.04. The molecular formula is C20H23N3O2. The average Bonchev–Trinajstić information content (AvgIpc) is 3.13. The number of para-hydroxylation sites is 1. The number of pyridine rings is 1. The van der Waals surface area contributed by atoms with Gasteiger partial charge in [-0.25, -0.2) is 4.98 Å². The van der Waals surface area contributed by atoms with Crippen molar-refractivity contribution < 1.29 is 0 Å². The van der Waals surface area contributed by atoms with Gasteiger partial charge in [0, 0.05) is 24.4 Å². The number of fused-ring (bicyclic) bond motifs is 2. The Morgan fingerprint density at radius 2 is 1.80 bits per heavy atom. The predicted octanol–water partition coefficient (Wildman–Crippen LogP) is 3.49. The average molecular weight is 337 g/mol. The molecule has 0 unspecified atom stereocenters. The molecular weight excluding hydrogens is 314 g/mol. The minimum Gasteiger partial charge on any atom is -0.328 e. The second-order valence-corrected chi connectivity index (χ2v) is 7.34. The molecule has 130 valence electrons. The Morgan fingerprint density at radius 3 is 2.48 bits per heavy atom. The number of benzene rings is 1. The van der Waals surface area contributed by atoms with Crippen LogP contribution in [0.5, 0.6) is 0 Å². The molecule has 0 atom stereocenters. The van der Waals surface area contributed by atoms with Gasteiger partial charge in [-0.3, -0.25) is 14.2 Å². The number of rotatable bonds is 2. The van der Waals surface area contributed by atoms with E-state index in [0.717, 1.165) is 37.0 Å². The van der Waals surface area contributed by atoms with Gasteiger partial charge in [0.15, 0.2) is 5.65 Å². The number of hydrogen-bond donors (Lipinski definition) is 0. The topological polar surface area (TPSA) is 56.9 Å². The fourth-order valence-corrected chi connectivity index (χ4v) is 4.11. The van der Waals surface area contributed by atoms with Gasteiger partial charge in [0.2, 0.25) is 5.43 Å². The van der Waals surface area contributed by atoms with Crippen LogP contribution in [0.2, 0.25) is 0 Å². The van der Waals surface area contributed by atoms with E-state index in [9.17, 15) is 9.59 Å². The molecule has 0 spiro atoms. The van der Waals surface area contributed by atoms with Crippen molar-refractivity contribution in [2.24, 2.45) is 7.05 Å². The normalized spacial score (nSPS) is 15.7. The third-order valence-corrected chi connectivity index (χ3v) is 5.38. The summed E-state index contributed by atoms with van der Waals surface area (Å²) >= 11 is 0. The van der Waals surface area contributed by atoms with Crippen LogP contribution in [0.3, 0.4) is 0 Å². The number of aromatic nitrogens is 3. The van der Waals surface area contributed by atoms with Crippen molar-refractivity contribution in [1.29, 1.82) is 0 Å². The highest BCUT2D eigenvalue weighted by atomic mass is 16.1. The molecule has 1 fully saturated rings. The first-order valence-corrected chi connectivity index (χ1v) is 9.04. The first-order chi connectivity index (χ1) is 12.0. The van der Waals surface area contributed by atoms with Gasteiger partial charge in [-0.2, -0.15) is 0 Å². The monoisotopic (exact) mass is 337 g/mol. The van der Waals surface area contributed by atoms with Gasteiger partial charge < -0.3 is 4.57 Å². The zero-order valence-corrected chi connectivity index (χ0v) is 15.0. The van der Waals surface area contributed by atoms with Crippen LogP contribution in [-0.2, 0) is 7.05 Å². The Labute approximate surface area is 145 Å². The number of nitrogens with zero attached hydrogens (tertiary/aromatic N) is 3. The molecule has 5 nitrogen and oxygen atoms in total. The van der Waals surface area contributed by atoms with Crippen molar-refractivity contribution in [3.05, 3.63) is 50.7 Å². The maximum absolute atomic E-state index is 13.4. The lowest BCUT2D eigenvalue weighted by atomic mass is 10.1. The van der Waals surface area contributed by atoms with Gasteiger partial charge in [0.05, 0.1) is 5.52 Å². The van der Waals surface area contributed by atoms with E-state index in [1.54, 1.807) is 6.07 Å².